The third-order valence-electron chi connectivity index (χ3n) is 5.03. The molecule has 186 valence electrons. The van der Waals surface area contributed by atoms with Crippen LogP contribution in [0.2, 0.25) is 5.02 Å². The van der Waals surface area contributed by atoms with E-state index in [2.05, 4.69) is 21.2 Å². The quantitative estimate of drug-likeness (QED) is 0.504. The molecule has 2 aromatic carbocycles. The van der Waals surface area contributed by atoms with Gasteiger partial charge in [-0.25, -0.2) is 8.42 Å². The molecule has 0 fully saturated rings. The van der Waals surface area contributed by atoms with Gasteiger partial charge in [0.1, 0.15) is 12.6 Å². The second kappa shape index (κ2) is 11.1. The Bertz CT molecular complexity index is 1170. The van der Waals surface area contributed by atoms with Crippen LogP contribution in [0.5, 0.6) is 0 Å². The van der Waals surface area contributed by atoms with Crippen molar-refractivity contribution in [3.8, 4) is 0 Å². The molecule has 0 spiro atoms. The first-order valence-corrected chi connectivity index (χ1v) is 13.7. The van der Waals surface area contributed by atoms with Crippen molar-refractivity contribution in [1.82, 2.24) is 10.2 Å². The molecule has 0 aliphatic heterocycles. The number of halogens is 2. The third kappa shape index (κ3) is 7.99. The van der Waals surface area contributed by atoms with Crippen LogP contribution >= 0.6 is 27.5 Å². The Balaban J connectivity index is 2.43. The monoisotopic (exact) mass is 571 g/mol. The average molecular weight is 573 g/mol. The van der Waals surface area contributed by atoms with E-state index in [9.17, 15) is 18.0 Å². The number of hydrogen-bond donors (Lipinski definition) is 1. The number of carbonyl (C=O) groups excluding carboxylic acids is 2. The smallest absolute Gasteiger partial charge is 0.244 e. The van der Waals surface area contributed by atoms with Crippen LogP contribution in [0.15, 0.2) is 46.9 Å². The van der Waals surface area contributed by atoms with Gasteiger partial charge < -0.3 is 10.2 Å². The Morgan fingerprint density at radius 2 is 1.79 bits per heavy atom. The Kier molecular flexibility index (Phi) is 9.18. The molecule has 0 aliphatic rings. The molecule has 34 heavy (non-hydrogen) atoms. The highest BCUT2D eigenvalue weighted by Crippen LogP contribution is 2.25. The maximum Gasteiger partial charge on any atom is 0.244 e. The summed E-state index contributed by atoms with van der Waals surface area (Å²) in [5.41, 5.74) is 1.37. The van der Waals surface area contributed by atoms with Gasteiger partial charge >= 0.3 is 0 Å². The van der Waals surface area contributed by atoms with E-state index in [1.165, 1.54) is 11.0 Å². The second-order valence-corrected chi connectivity index (χ2v) is 12.5. The third-order valence-corrected chi connectivity index (χ3v) is 7.07. The summed E-state index contributed by atoms with van der Waals surface area (Å²) in [7, 11) is -3.81. The first-order chi connectivity index (χ1) is 15.6. The lowest BCUT2D eigenvalue weighted by Gasteiger charge is -2.33. The predicted octanol–water partition coefficient (Wildman–Crippen LogP) is 4.51. The molecule has 10 heteroatoms. The van der Waals surface area contributed by atoms with Crippen LogP contribution < -0.4 is 9.62 Å². The first kappa shape index (κ1) is 28.1. The van der Waals surface area contributed by atoms with E-state index in [1.54, 1.807) is 26.0 Å². The van der Waals surface area contributed by atoms with Crippen molar-refractivity contribution >= 4 is 55.1 Å². The number of rotatable bonds is 8. The summed E-state index contributed by atoms with van der Waals surface area (Å²) in [6.07, 6.45) is 1.03. The Morgan fingerprint density at radius 3 is 2.32 bits per heavy atom. The maximum atomic E-state index is 13.5. The molecule has 2 rings (SSSR count). The normalized spacial score (nSPS) is 12.7. The van der Waals surface area contributed by atoms with E-state index in [0.717, 1.165) is 26.2 Å². The van der Waals surface area contributed by atoms with Crippen molar-refractivity contribution in [2.24, 2.45) is 0 Å². The van der Waals surface area contributed by atoms with E-state index in [1.807, 2.05) is 45.0 Å². The fourth-order valence-electron chi connectivity index (χ4n) is 3.24. The van der Waals surface area contributed by atoms with Gasteiger partial charge in [0.2, 0.25) is 21.8 Å². The molecule has 0 aliphatic carbocycles. The number of nitrogens with one attached hydrogen (secondary N) is 1. The van der Waals surface area contributed by atoms with E-state index in [-0.39, 0.29) is 18.1 Å². The standard InChI is InChI=1S/C24H31BrClN3O4S/c1-16-10-11-20(13-21(16)26)29(34(6,32)33)15-22(30)28(14-18-8-7-9-19(25)12-18)17(2)23(31)27-24(3,4)5/h7-13,17H,14-15H2,1-6H3,(H,27,31)/t17-/m0/s1. The molecule has 1 N–H and O–H groups in total. The number of anilines is 1. The lowest BCUT2D eigenvalue weighted by atomic mass is 10.1. The lowest BCUT2D eigenvalue weighted by molar-refractivity contribution is -0.140. The van der Waals surface area contributed by atoms with Crippen LogP contribution in [0.4, 0.5) is 5.69 Å². The minimum atomic E-state index is -3.81. The van der Waals surface area contributed by atoms with Crippen LogP contribution in [-0.4, -0.2) is 49.5 Å². The van der Waals surface area contributed by atoms with Crippen LogP contribution in [0.1, 0.15) is 38.8 Å². The Labute approximate surface area is 215 Å². The molecule has 0 radical (unpaired) electrons. The average Bonchev–Trinajstić information content (AvgIpc) is 2.69. The number of nitrogens with zero attached hydrogens (tertiary/aromatic N) is 2. The van der Waals surface area contributed by atoms with E-state index < -0.39 is 34.1 Å². The summed E-state index contributed by atoms with van der Waals surface area (Å²) in [6, 6.07) is 11.4. The van der Waals surface area contributed by atoms with Crippen molar-refractivity contribution in [2.45, 2.75) is 52.7 Å². The summed E-state index contributed by atoms with van der Waals surface area (Å²) >= 11 is 9.63. The van der Waals surface area contributed by atoms with Gasteiger partial charge in [-0.1, -0.05) is 45.7 Å². The highest BCUT2D eigenvalue weighted by molar-refractivity contribution is 9.10. The summed E-state index contributed by atoms with van der Waals surface area (Å²) in [5.74, 6) is -0.848. The SMILES string of the molecule is Cc1ccc(N(CC(=O)N(Cc2cccc(Br)c2)[C@@H](C)C(=O)NC(C)(C)C)S(C)(=O)=O)cc1Cl. The summed E-state index contributed by atoms with van der Waals surface area (Å²) in [5, 5.41) is 3.28. The number of hydrogen-bond acceptors (Lipinski definition) is 4. The number of aryl methyl sites for hydroxylation is 1. The van der Waals surface area contributed by atoms with Crippen LogP contribution in [0.25, 0.3) is 0 Å². The van der Waals surface area contributed by atoms with Gasteiger partial charge in [0.25, 0.3) is 0 Å². The molecule has 7 nitrogen and oxygen atoms in total. The molecule has 0 bridgehead atoms. The van der Waals surface area contributed by atoms with Gasteiger partial charge in [0.15, 0.2) is 0 Å². The molecule has 0 aromatic heterocycles. The molecule has 1 atom stereocenters. The number of benzene rings is 2. The van der Waals surface area contributed by atoms with Crippen molar-refractivity contribution in [3.05, 3.63) is 63.1 Å². The molecule has 0 unspecified atom stereocenters. The number of carbonyl (C=O) groups is 2. The van der Waals surface area contributed by atoms with E-state index >= 15 is 0 Å². The first-order valence-electron chi connectivity index (χ1n) is 10.7. The van der Waals surface area contributed by atoms with Crippen molar-refractivity contribution in [2.75, 3.05) is 17.1 Å². The fraction of sp³-hybridized carbons (Fsp3) is 0.417. The summed E-state index contributed by atoms with van der Waals surface area (Å²) in [6.45, 7) is 8.64. The predicted molar refractivity (Wildman–Crippen MR) is 140 cm³/mol. The zero-order valence-electron chi connectivity index (χ0n) is 20.2. The van der Waals surface area contributed by atoms with Crippen LogP contribution in [0, 0.1) is 6.92 Å². The molecule has 0 heterocycles. The Hall–Kier alpha value is -2.10. The molecular formula is C24H31BrClN3O4S. The highest BCUT2D eigenvalue weighted by Gasteiger charge is 2.31. The zero-order valence-corrected chi connectivity index (χ0v) is 23.4. The largest absolute Gasteiger partial charge is 0.350 e. The zero-order chi connectivity index (χ0) is 25.8. The van der Waals surface area contributed by atoms with E-state index in [0.29, 0.717) is 5.02 Å². The van der Waals surface area contributed by atoms with Gasteiger partial charge in [-0.15, -0.1) is 0 Å². The molecule has 0 saturated heterocycles. The topological polar surface area (TPSA) is 86.8 Å². The fourth-order valence-corrected chi connectivity index (χ4v) is 4.70. The van der Waals surface area contributed by atoms with E-state index in [4.69, 9.17) is 11.6 Å². The van der Waals surface area contributed by atoms with Gasteiger partial charge in [0, 0.05) is 21.6 Å². The minimum absolute atomic E-state index is 0.128. The van der Waals surface area contributed by atoms with Crippen molar-refractivity contribution < 1.29 is 18.0 Å². The van der Waals surface area contributed by atoms with Crippen molar-refractivity contribution in [3.63, 3.8) is 0 Å². The van der Waals surface area contributed by atoms with Crippen LogP contribution in [-0.2, 0) is 26.2 Å². The second-order valence-electron chi connectivity index (χ2n) is 9.27. The Morgan fingerprint density at radius 1 is 1.15 bits per heavy atom. The summed E-state index contributed by atoms with van der Waals surface area (Å²) < 4.78 is 27.0. The molecule has 2 aromatic rings. The maximum absolute atomic E-state index is 13.5. The molecule has 2 amide bonds. The number of sulfonamides is 1. The van der Waals surface area contributed by atoms with Crippen LogP contribution in [0.3, 0.4) is 0 Å². The highest BCUT2D eigenvalue weighted by atomic mass is 79.9. The van der Waals surface area contributed by atoms with Gasteiger partial charge in [0.05, 0.1) is 11.9 Å². The van der Waals surface area contributed by atoms with Gasteiger partial charge in [-0.2, -0.15) is 0 Å². The number of amides is 2. The molecule has 0 saturated carbocycles. The van der Waals surface area contributed by atoms with Crippen molar-refractivity contribution in [1.29, 1.82) is 0 Å². The summed E-state index contributed by atoms with van der Waals surface area (Å²) in [4.78, 5) is 27.8. The van der Waals surface area contributed by atoms with Gasteiger partial charge in [-0.3, -0.25) is 13.9 Å². The lowest BCUT2D eigenvalue weighted by Crippen LogP contribution is -2.54. The van der Waals surface area contributed by atoms with Gasteiger partial charge in [-0.05, 0) is 70.0 Å². The molecular weight excluding hydrogens is 542 g/mol. The minimum Gasteiger partial charge on any atom is -0.350 e.